The topological polar surface area (TPSA) is 373 Å². The van der Waals surface area contributed by atoms with Crippen LogP contribution in [0.25, 0.3) is 6.08 Å². The number of aliphatic carboxylic acids is 2. The van der Waals surface area contributed by atoms with Crippen molar-refractivity contribution in [2.24, 2.45) is 16.8 Å². The van der Waals surface area contributed by atoms with Gasteiger partial charge in [0.15, 0.2) is 11.5 Å². The number of ether oxygens (including phenoxy) is 2. The summed E-state index contributed by atoms with van der Waals surface area (Å²) < 4.78 is 9.43. The van der Waals surface area contributed by atoms with E-state index in [2.05, 4.69) is 38.8 Å². The Hall–Kier alpha value is -11.9. The number of carboxylic acid groups (broad SMARTS) is 2. The van der Waals surface area contributed by atoms with Gasteiger partial charge in [-0.3, -0.25) is 43.3 Å². The van der Waals surface area contributed by atoms with E-state index in [1.54, 1.807) is 62.4 Å². The lowest BCUT2D eigenvalue weighted by Gasteiger charge is -2.17. The summed E-state index contributed by atoms with van der Waals surface area (Å²) in [7, 11) is 2.40. The van der Waals surface area contributed by atoms with Gasteiger partial charge in [0.2, 0.25) is 11.8 Å². The van der Waals surface area contributed by atoms with Gasteiger partial charge in [-0.25, -0.2) is 14.4 Å². The fourth-order valence-electron chi connectivity index (χ4n) is 8.70. The maximum absolute atomic E-state index is 12.7. The Balaban J connectivity index is -0.000000243. The van der Waals surface area contributed by atoms with E-state index in [0.717, 1.165) is 41.9 Å². The number of hydrogen-bond donors (Lipinski definition) is 8. The van der Waals surface area contributed by atoms with Gasteiger partial charge < -0.3 is 52.8 Å². The zero-order valence-corrected chi connectivity index (χ0v) is 56.3. The summed E-state index contributed by atoms with van der Waals surface area (Å²) in [5.74, 6) is -6.74. The molecule has 7 rings (SSSR count). The van der Waals surface area contributed by atoms with E-state index < -0.39 is 53.1 Å². The third-order valence-electron chi connectivity index (χ3n) is 13.9. The molecule has 22 heteroatoms. The smallest absolute Gasteiger partial charge is 0.338 e. The molecule has 7 aromatic rings. The van der Waals surface area contributed by atoms with Crippen LogP contribution in [0.3, 0.4) is 0 Å². The molecule has 22 nitrogen and oxygen atoms in total. The number of nitrogen functional groups attached to an aromatic ring is 3. The Morgan fingerprint density at radius 1 is 0.509 bits per heavy atom. The number of carbonyl (C=O) groups excluding carboxylic acids is 9. The zero-order chi connectivity index (χ0) is 73.3. The molecule has 11 N–H and O–H groups in total. The van der Waals surface area contributed by atoms with Crippen molar-refractivity contribution < 1.29 is 72.4 Å². The molecule has 0 aliphatic carbocycles. The van der Waals surface area contributed by atoms with Crippen molar-refractivity contribution >= 4 is 111 Å². The molecule has 7 aromatic carbocycles. The Bertz CT molecular complexity index is 3790. The van der Waals surface area contributed by atoms with Crippen LogP contribution in [0.4, 0.5) is 34.1 Å². The molecule has 106 heavy (non-hydrogen) atoms. The van der Waals surface area contributed by atoms with Crippen LogP contribution in [-0.4, -0.2) is 94.9 Å². The van der Waals surface area contributed by atoms with E-state index in [4.69, 9.17) is 32.2 Å². The molecule has 0 saturated heterocycles. The van der Waals surface area contributed by atoms with Gasteiger partial charge in [0, 0.05) is 77.7 Å². The average molecular weight is 1470 g/mol. The van der Waals surface area contributed by atoms with Gasteiger partial charge in [-0.1, -0.05) is 197 Å². The molecule has 0 aliphatic rings. The number of esters is 2. The summed E-state index contributed by atoms with van der Waals surface area (Å²) in [6, 6.07) is 53.5. The van der Waals surface area contributed by atoms with Crippen LogP contribution in [0.2, 0.25) is 0 Å². The molecule has 4 atom stereocenters. The first kappa shape index (κ1) is 107. The summed E-state index contributed by atoms with van der Waals surface area (Å²) in [5.41, 5.74) is 23.2. The fourth-order valence-corrected chi connectivity index (χ4v) is 8.70. The number of Topliss-reactive ketones (excluding diaryl/α,β-unsaturated/α-hetero) is 4. The average Bonchev–Trinajstić information content (AvgIpc) is 0.825. The van der Waals surface area contributed by atoms with Crippen LogP contribution in [0, 0.1) is 11.8 Å². The highest BCUT2D eigenvalue weighted by Crippen LogP contribution is 2.26. The number of carbonyl (C=O) groups is 11. The normalized spacial score (nSPS) is 10.5. The number of hydrogen-bond acceptors (Lipinski definition) is 17. The molecule has 0 bridgehead atoms. The highest BCUT2D eigenvalue weighted by Gasteiger charge is 2.26. The van der Waals surface area contributed by atoms with Crippen molar-refractivity contribution in [3.8, 4) is 0 Å². The monoisotopic (exact) mass is 1470 g/mol. The lowest BCUT2D eigenvalue weighted by Crippen LogP contribution is -2.29. The zero-order valence-electron chi connectivity index (χ0n) is 56.3. The summed E-state index contributed by atoms with van der Waals surface area (Å²) in [6.07, 6.45) is 4.18. The quantitative estimate of drug-likeness (QED) is 0.00866. The number of nitrogens with two attached hydrogens (primary N) is 3. The summed E-state index contributed by atoms with van der Waals surface area (Å²) >= 11 is 0. The molecular formula is C84H119N7O15. The first-order valence-corrected chi connectivity index (χ1v) is 30.9. The molecule has 0 saturated carbocycles. The fraction of sp³-hybridized carbons (Fsp3) is 0.310. The lowest BCUT2D eigenvalue weighted by atomic mass is 9.87. The minimum atomic E-state index is -0.981. The van der Waals surface area contributed by atoms with Crippen LogP contribution in [0.15, 0.2) is 206 Å². The molecule has 0 aliphatic heterocycles. The van der Waals surface area contributed by atoms with Crippen molar-refractivity contribution in [1.29, 1.82) is 0 Å². The second kappa shape index (κ2) is 58.6. The predicted octanol–water partition coefficient (Wildman–Crippen LogP) is 17.7. The third-order valence-corrected chi connectivity index (χ3v) is 13.9. The SMILES string of the molecule is C.C.C.C.C.C.C.C.C=CC(=O)O.C=Cc1ccccc1.CCC(C(=O)CC(C)C(=O)Nc1ccc(N)cc1)c1ccccc1.CCC(C(=O)CC(C)C(=O)O)c1ccccc1.COC(=O)c1ccc(C(=O)OC)c(CN=C(C(C)=O)C(=O)Nc2ccc(NC(=O)CC(C)=O)cc2)c1.Nc1ccc(N)cc1. The first-order valence-electron chi connectivity index (χ1n) is 30.9. The van der Waals surface area contributed by atoms with Crippen LogP contribution in [0.1, 0.15) is 188 Å². The van der Waals surface area contributed by atoms with Crippen molar-refractivity contribution in [3.63, 3.8) is 0 Å². The third kappa shape index (κ3) is 41.2. The van der Waals surface area contributed by atoms with Crippen LogP contribution in [0.5, 0.6) is 0 Å². The number of methoxy groups -OCH3 is 2. The van der Waals surface area contributed by atoms with Crippen molar-refractivity contribution in [1.82, 2.24) is 0 Å². The maximum Gasteiger partial charge on any atom is 0.338 e. The van der Waals surface area contributed by atoms with E-state index in [-0.39, 0.29) is 143 Å². The Morgan fingerprint density at radius 3 is 1.25 bits per heavy atom. The standard InChI is InChI=1S/C25H25N3O8.C20H24N2O2.C14H18O3.C8H8.C6H8N2.C3H4O2.8CH4/c1-14(29)11-21(31)27-18-6-8-19(9-7-18)28-23(32)22(15(2)30)26-13-17-12-16(24(33)35-3)5-10-20(17)25(34)36-4;1-3-18(15-7-5-4-6-8-15)19(23)13-14(2)20(24)22-17-11-9-16(21)10-12-17;1-3-12(11-7-5-4-6-8-11)13(15)9-10(2)14(16)17;1-2-8-6-4-3-5-7-8;7-5-1-2-6(8)4-3-5;1-2-3(4)5;;;;;;;;/h5-10,12H,11,13H2,1-4H3,(H,27,31)(H,28,32);4-12,14,18H,3,13,21H2,1-2H3,(H,22,24);4-8,10,12H,3,9H2,1-2H3,(H,16,17);2-7H,1H2;1-4H,7-8H2;2H,1H2,(H,4,5);8*1H4. The van der Waals surface area contributed by atoms with Gasteiger partial charge in [0.25, 0.3) is 5.91 Å². The van der Waals surface area contributed by atoms with Gasteiger partial charge >= 0.3 is 23.9 Å². The first-order chi connectivity index (χ1) is 46.6. The van der Waals surface area contributed by atoms with Crippen LogP contribution >= 0.6 is 0 Å². The molecule has 0 heterocycles. The number of ketones is 4. The number of amides is 3. The molecule has 4 unspecified atom stereocenters. The lowest BCUT2D eigenvalue weighted by molar-refractivity contribution is -0.143. The predicted molar refractivity (Wildman–Crippen MR) is 437 cm³/mol. The van der Waals surface area contributed by atoms with Gasteiger partial charge in [-0.2, -0.15) is 0 Å². The van der Waals surface area contributed by atoms with Gasteiger partial charge in [0.1, 0.15) is 17.3 Å². The molecule has 0 aromatic heterocycles. The maximum atomic E-state index is 12.7. The Kier molecular flexibility index (Phi) is 59.4. The number of carboxylic acids is 2. The number of nitrogens with one attached hydrogen (secondary N) is 3. The van der Waals surface area contributed by atoms with Crippen LogP contribution < -0.4 is 33.2 Å². The van der Waals surface area contributed by atoms with Gasteiger partial charge in [-0.05, 0) is 133 Å². The second-order valence-electron chi connectivity index (χ2n) is 21.7. The van der Waals surface area contributed by atoms with E-state index >= 15 is 0 Å². The molecule has 0 radical (unpaired) electrons. The van der Waals surface area contributed by atoms with Gasteiger partial charge in [-0.15, -0.1) is 0 Å². The molecule has 0 spiro atoms. The Morgan fingerprint density at radius 2 is 0.887 bits per heavy atom. The second-order valence-corrected chi connectivity index (χ2v) is 21.7. The van der Waals surface area contributed by atoms with Crippen LogP contribution in [-0.2, 0) is 59.2 Å². The highest BCUT2D eigenvalue weighted by atomic mass is 16.5. The summed E-state index contributed by atoms with van der Waals surface area (Å²) in [4.78, 5) is 133. The minimum Gasteiger partial charge on any atom is -0.481 e. The summed E-state index contributed by atoms with van der Waals surface area (Å²) in [5, 5.41) is 24.3. The molecular weight excluding hydrogens is 1350 g/mol. The van der Waals surface area contributed by atoms with E-state index in [1.807, 2.05) is 111 Å². The molecule has 0 fully saturated rings. The minimum absolute atomic E-state index is 0. The summed E-state index contributed by atoms with van der Waals surface area (Å²) in [6.45, 7) is 16.1. The number of anilines is 6. The number of aliphatic imine (C=N–C) groups is 1. The van der Waals surface area contributed by atoms with E-state index in [9.17, 15) is 52.7 Å². The number of rotatable bonds is 25. The van der Waals surface area contributed by atoms with Crippen molar-refractivity contribution in [2.75, 3.05) is 47.4 Å². The Labute approximate surface area is 630 Å². The van der Waals surface area contributed by atoms with E-state index in [0.29, 0.717) is 29.2 Å². The highest BCUT2D eigenvalue weighted by molar-refractivity contribution is 6.67. The van der Waals surface area contributed by atoms with E-state index in [1.165, 1.54) is 69.2 Å². The molecule has 3 amide bonds. The van der Waals surface area contributed by atoms with Gasteiger partial charge in [0.05, 0.1) is 44.2 Å². The largest absolute Gasteiger partial charge is 0.481 e. The number of benzene rings is 7. The molecule has 580 valence electrons. The number of nitrogens with zero attached hydrogens (tertiary/aromatic N) is 1. The van der Waals surface area contributed by atoms with Crippen molar-refractivity contribution in [3.05, 3.63) is 235 Å². The van der Waals surface area contributed by atoms with Crippen molar-refractivity contribution in [2.45, 2.75) is 151 Å².